The summed E-state index contributed by atoms with van der Waals surface area (Å²) in [4.78, 5) is 16.3. The number of nitrogens with zero attached hydrogens (tertiary/aromatic N) is 1. The molecule has 0 saturated carbocycles. The molecule has 1 atom stereocenters. The zero-order chi connectivity index (χ0) is 13.1. The number of benzene rings is 1. The smallest absolute Gasteiger partial charge is 0.241 e. The van der Waals surface area contributed by atoms with Gasteiger partial charge < -0.3 is 10.6 Å². The number of nitrogens with one attached hydrogen (secondary N) is 2. The van der Waals surface area contributed by atoms with Crippen molar-refractivity contribution in [1.82, 2.24) is 10.3 Å². The van der Waals surface area contributed by atoms with E-state index in [0.29, 0.717) is 0 Å². The molecule has 0 radical (unpaired) electrons. The summed E-state index contributed by atoms with van der Waals surface area (Å²) in [6.45, 7) is 0.926. The van der Waals surface area contributed by atoms with Gasteiger partial charge in [0.15, 0.2) is 0 Å². The Morgan fingerprint density at radius 3 is 3.11 bits per heavy atom. The van der Waals surface area contributed by atoms with E-state index in [1.807, 2.05) is 24.3 Å². The van der Waals surface area contributed by atoms with Crippen molar-refractivity contribution < 1.29 is 4.79 Å². The summed E-state index contributed by atoms with van der Waals surface area (Å²) in [5, 5.41) is 8.34. The van der Waals surface area contributed by atoms with Crippen molar-refractivity contribution in [3.63, 3.8) is 0 Å². The molecule has 0 aliphatic carbocycles. The van der Waals surface area contributed by atoms with Crippen LogP contribution >= 0.6 is 0 Å². The number of fused-ring (bicyclic) bond motifs is 1. The molecule has 1 fully saturated rings. The molecule has 19 heavy (non-hydrogen) atoms. The van der Waals surface area contributed by atoms with E-state index in [1.165, 1.54) is 0 Å². The minimum Gasteiger partial charge on any atom is -0.324 e. The Labute approximate surface area is 112 Å². The van der Waals surface area contributed by atoms with Gasteiger partial charge in [0.2, 0.25) is 5.91 Å². The lowest BCUT2D eigenvalue weighted by Crippen LogP contribution is -2.43. The summed E-state index contributed by atoms with van der Waals surface area (Å²) >= 11 is 0. The average Bonchev–Trinajstić information content (AvgIpc) is 2.48. The Morgan fingerprint density at radius 2 is 2.26 bits per heavy atom. The van der Waals surface area contributed by atoms with Crippen LogP contribution in [0.1, 0.15) is 19.3 Å². The van der Waals surface area contributed by atoms with Crippen LogP contribution in [0.25, 0.3) is 10.8 Å². The van der Waals surface area contributed by atoms with Crippen LogP contribution in [0.15, 0.2) is 36.7 Å². The Balaban J connectivity index is 1.82. The lowest BCUT2D eigenvalue weighted by molar-refractivity contribution is -0.118. The number of aromatic nitrogens is 1. The van der Waals surface area contributed by atoms with Gasteiger partial charge in [-0.05, 0) is 36.9 Å². The van der Waals surface area contributed by atoms with Gasteiger partial charge in [0.1, 0.15) is 0 Å². The minimum atomic E-state index is -0.0688. The van der Waals surface area contributed by atoms with Crippen LogP contribution in [0.4, 0.5) is 5.69 Å². The first-order chi connectivity index (χ1) is 9.34. The van der Waals surface area contributed by atoms with Crippen molar-refractivity contribution in [2.75, 3.05) is 11.9 Å². The monoisotopic (exact) mass is 255 g/mol. The van der Waals surface area contributed by atoms with Crippen molar-refractivity contribution >= 4 is 22.4 Å². The third-order valence-electron chi connectivity index (χ3n) is 3.57. The maximum atomic E-state index is 12.2. The average molecular weight is 255 g/mol. The van der Waals surface area contributed by atoms with Crippen LogP contribution in [0.2, 0.25) is 0 Å². The van der Waals surface area contributed by atoms with Crippen LogP contribution in [0.3, 0.4) is 0 Å². The fourth-order valence-corrected chi connectivity index (χ4v) is 2.52. The lowest BCUT2D eigenvalue weighted by Gasteiger charge is -2.22. The molecular formula is C15H17N3O. The van der Waals surface area contributed by atoms with Crippen LogP contribution < -0.4 is 10.6 Å². The Hall–Kier alpha value is -1.94. The van der Waals surface area contributed by atoms with Gasteiger partial charge in [-0.25, -0.2) is 0 Å². The quantitative estimate of drug-likeness (QED) is 0.866. The predicted molar refractivity (Wildman–Crippen MR) is 76.0 cm³/mol. The summed E-state index contributed by atoms with van der Waals surface area (Å²) in [6, 6.07) is 7.77. The lowest BCUT2D eigenvalue weighted by atomic mass is 10.0. The third-order valence-corrected chi connectivity index (χ3v) is 3.57. The largest absolute Gasteiger partial charge is 0.324 e. The van der Waals surface area contributed by atoms with Gasteiger partial charge in [-0.15, -0.1) is 0 Å². The van der Waals surface area contributed by atoms with Gasteiger partial charge in [-0.3, -0.25) is 9.78 Å². The number of piperidine rings is 1. The van der Waals surface area contributed by atoms with E-state index in [-0.39, 0.29) is 11.9 Å². The second-order valence-corrected chi connectivity index (χ2v) is 4.89. The van der Waals surface area contributed by atoms with E-state index < -0.39 is 0 Å². The summed E-state index contributed by atoms with van der Waals surface area (Å²) < 4.78 is 0. The number of carbonyl (C=O) groups is 1. The predicted octanol–water partition coefficient (Wildman–Crippen LogP) is 2.32. The number of amides is 1. The number of carbonyl (C=O) groups excluding carboxylic acids is 1. The highest BCUT2D eigenvalue weighted by Gasteiger charge is 2.20. The van der Waals surface area contributed by atoms with Crippen molar-refractivity contribution in [1.29, 1.82) is 0 Å². The zero-order valence-electron chi connectivity index (χ0n) is 10.7. The Bertz CT molecular complexity index is 585. The highest BCUT2D eigenvalue weighted by atomic mass is 16.2. The van der Waals surface area contributed by atoms with E-state index in [0.717, 1.165) is 42.3 Å². The molecule has 0 bridgehead atoms. The minimum absolute atomic E-state index is 0.0519. The number of hydrogen-bond donors (Lipinski definition) is 2. The van der Waals surface area contributed by atoms with Gasteiger partial charge in [0.05, 0.1) is 11.7 Å². The molecule has 1 aliphatic heterocycles. The van der Waals surface area contributed by atoms with Crippen LogP contribution in [0.5, 0.6) is 0 Å². The molecule has 4 nitrogen and oxygen atoms in total. The summed E-state index contributed by atoms with van der Waals surface area (Å²) in [7, 11) is 0. The molecule has 2 N–H and O–H groups in total. The highest BCUT2D eigenvalue weighted by Crippen LogP contribution is 2.22. The normalized spacial score (nSPS) is 19.3. The molecule has 1 saturated heterocycles. The highest BCUT2D eigenvalue weighted by molar-refractivity contribution is 6.03. The number of pyridine rings is 1. The standard InChI is InChI=1S/C15H17N3O/c19-15(14-5-1-2-8-17-14)18-13-6-3-4-11-7-9-16-10-12(11)13/h3-4,6-7,9-10,14,17H,1-2,5,8H2,(H,18,19)/t14-/m1/s1. The molecule has 0 spiro atoms. The maximum absolute atomic E-state index is 12.2. The van der Waals surface area contributed by atoms with Gasteiger partial charge >= 0.3 is 0 Å². The van der Waals surface area contributed by atoms with E-state index >= 15 is 0 Å². The Kier molecular flexibility index (Phi) is 3.42. The first-order valence-electron chi connectivity index (χ1n) is 6.71. The fourth-order valence-electron chi connectivity index (χ4n) is 2.52. The number of hydrogen-bond acceptors (Lipinski definition) is 3. The third kappa shape index (κ3) is 2.58. The SMILES string of the molecule is O=C(Nc1cccc2ccncc12)[C@H]1CCCCN1. The first kappa shape index (κ1) is 12.1. The molecule has 0 unspecified atom stereocenters. The molecule has 1 amide bonds. The van der Waals surface area contributed by atoms with Crippen LogP contribution in [-0.4, -0.2) is 23.5 Å². The zero-order valence-corrected chi connectivity index (χ0v) is 10.7. The van der Waals surface area contributed by atoms with Gasteiger partial charge in [0.25, 0.3) is 0 Å². The van der Waals surface area contributed by atoms with Crippen LogP contribution in [0, 0.1) is 0 Å². The van der Waals surface area contributed by atoms with Crippen molar-refractivity contribution in [2.45, 2.75) is 25.3 Å². The number of rotatable bonds is 2. The van der Waals surface area contributed by atoms with Crippen molar-refractivity contribution in [3.8, 4) is 0 Å². The molecule has 1 aliphatic rings. The van der Waals surface area contributed by atoms with E-state index in [2.05, 4.69) is 15.6 Å². The van der Waals surface area contributed by atoms with Crippen molar-refractivity contribution in [2.24, 2.45) is 0 Å². The fraction of sp³-hybridized carbons (Fsp3) is 0.333. The van der Waals surface area contributed by atoms with Gasteiger partial charge in [-0.1, -0.05) is 18.6 Å². The molecule has 1 aromatic heterocycles. The van der Waals surface area contributed by atoms with E-state index in [1.54, 1.807) is 12.4 Å². The first-order valence-corrected chi connectivity index (χ1v) is 6.71. The maximum Gasteiger partial charge on any atom is 0.241 e. The second-order valence-electron chi connectivity index (χ2n) is 4.89. The van der Waals surface area contributed by atoms with E-state index in [9.17, 15) is 4.79 Å². The Morgan fingerprint density at radius 1 is 1.32 bits per heavy atom. The molecule has 1 aromatic carbocycles. The number of anilines is 1. The molecule has 4 heteroatoms. The van der Waals surface area contributed by atoms with Gasteiger partial charge in [-0.2, -0.15) is 0 Å². The molecule has 98 valence electrons. The van der Waals surface area contributed by atoms with Gasteiger partial charge in [0, 0.05) is 17.8 Å². The summed E-state index contributed by atoms with van der Waals surface area (Å²) in [5.41, 5.74) is 0.836. The molecule has 2 aromatic rings. The topological polar surface area (TPSA) is 54.0 Å². The summed E-state index contributed by atoms with van der Waals surface area (Å²) in [5.74, 6) is 0.0519. The molecular weight excluding hydrogens is 238 g/mol. The van der Waals surface area contributed by atoms with E-state index in [4.69, 9.17) is 0 Å². The van der Waals surface area contributed by atoms with Crippen LogP contribution in [-0.2, 0) is 4.79 Å². The molecule has 2 heterocycles. The van der Waals surface area contributed by atoms with Crippen molar-refractivity contribution in [3.05, 3.63) is 36.7 Å². The second kappa shape index (κ2) is 5.36. The molecule has 3 rings (SSSR count). The summed E-state index contributed by atoms with van der Waals surface area (Å²) in [6.07, 6.45) is 6.73.